The Morgan fingerprint density at radius 1 is 0.750 bits per heavy atom. The highest BCUT2D eigenvalue weighted by Crippen LogP contribution is 2.76. The van der Waals surface area contributed by atoms with Crippen molar-refractivity contribution in [2.75, 3.05) is 11.5 Å². The number of unbranched alkanes of at least 4 members (excludes halogenated alkanes) is 2. The third-order valence-electron chi connectivity index (χ3n) is 5.96. The molecule has 0 nitrogen and oxygen atoms in total. The molecule has 1 saturated heterocycles. The predicted octanol–water partition coefficient (Wildman–Crippen LogP) is 6.91. The molecule has 0 aromatic carbocycles. The number of hydrogen-bond acceptors (Lipinski definition) is 0. The third-order valence-corrected chi connectivity index (χ3v) is 12.5. The van der Waals surface area contributed by atoms with Crippen molar-refractivity contribution in [3.05, 3.63) is 0 Å². The summed E-state index contributed by atoms with van der Waals surface area (Å²) in [6.45, 7) is 15.0. The fraction of sp³-hybridized carbons (Fsp3) is 1.00. The maximum absolute atomic E-state index is 2.67. The monoisotopic (exact) mass is 300 g/mol. The Balaban J connectivity index is 2.97. The molecule has 0 aromatic rings. The lowest BCUT2D eigenvalue weighted by Crippen LogP contribution is -2.51. The Hall–Kier alpha value is 0.350. The molecular weight excluding hydrogens is 260 g/mol. The third kappa shape index (κ3) is 3.39. The van der Waals surface area contributed by atoms with E-state index in [2.05, 4.69) is 41.5 Å². The Morgan fingerprint density at radius 3 is 1.70 bits per heavy atom. The second-order valence-corrected chi connectivity index (χ2v) is 12.5. The van der Waals surface area contributed by atoms with Crippen LogP contribution in [0.5, 0.6) is 0 Å². The molecular formula is C19H40S. The number of hydrogen-bond donors (Lipinski definition) is 0. The lowest BCUT2D eigenvalue weighted by molar-refractivity contribution is 0.473. The molecule has 0 amide bonds. The highest BCUT2D eigenvalue weighted by molar-refractivity contribution is 8.36. The molecule has 1 heterocycles. The molecule has 20 heavy (non-hydrogen) atoms. The van der Waals surface area contributed by atoms with Crippen LogP contribution in [0.15, 0.2) is 0 Å². The second kappa shape index (κ2) is 7.56. The van der Waals surface area contributed by atoms with Gasteiger partial charge in [0.2, 0.25) is 0 Å². The fourth-order valence-electron chi connectivity index (χ4n) is 4.54. The lowest BCUT2D eigenvalue weighted by Gasteiger charge is -2.68. The van der Waals surface area contributed by atoms with E-state index < -0.39 is 10.0 Å². The minimum Gasteiger partial charge on any atom is -0.230 e. The van der Waals surface area contributed by atoms with Gasteiger partial charge >= 0.3 is 0 Å². The molecule has 0 spiro atoms. The van der Waals surface area contributed by atoms with Crippen LogP contribution >= 0.6 is 10.0 Å². The van der Waals surface area contributed by atoms with E-state index in [1.807, 2.05) is 0 Å². The molecule has 0 saturated carbocycles. The van der Waals surface area contributed by atoms with Crippen LogP contribution < -0.4 is 0 Å². The molecule has 122 valence electrons. The van der Waals surface area contributed by atoms with Gasteiger partial charge in [-0.3, -0.25) is 0 Å². The van der Waals surface area contributed by atoms with Crippen LogP contribution in [-0.4, -0.2) is 21.0 Å². The first kappa shape index (κ1) is 18.4. The Bertz CT molecular complexity index is 277. The van der Waals surface area contributed by atoms with Gasteiger partial charge in [-0.15, -0.1) is 0 Å². The summed E-state index contributed by atoms with van der Waals surface area (Å²) in [7, 11) is -0.422. The van der Waals surface area contributed by atoms with Crippen molar-refractivity contribution in [3.63, 3.8) is 0 Å². The molecule has 0 radical (unpaired) electrons. The van der Waals surface area contributed by atoms with E-state index >= 15 is 0 Å². The average Bonchev–Trinajstić information content (AvgIpc) is 2.32. The van der Waals surface area contributed by atoms with E-state index in [-0.39, 0.29) is 0 Å². The van der Waals surface area contributed by atoms with Crippen LogP contribution in [-0.2, 0) is 0 Å². The van der Waals surface area contributed by atoms with Crippen LogP contribution in [0.3, 0.4) is 0 Å². The zero-order chi connectivity index (χ0) is 15.3. The number of rotatable bonds is 10. The van der Waals surface area contributed by atoms with E-state index in [1.54, 1.807) is 11.5 Å². The molecule has 1 aliphatic heterocycles. The van der Waals surface area contributed by atoms with Crippen LogP contribution in [0.1, 0.15) is 99.3 Å². The molecule has 1 heteroatoms. The van der Waals surface area contributed by atoms with Crippen LogP contribution in [0, 0.1) is 0 Å². The summed E-state index contributed by atoms with van der Waals surface area (Å²) >= 11 is 0. The van der Waals surface area contributed by atoms with Crippen molar-refractivity contribution in [2.24, 2.45) is 0 Å². The molecule has 1 atom stereocenters. The van der Waals surface area contributed by atoms with E-state index in [9.17, 15) is 0 Å². The molecule has 0 aliphatic carbocycles. The van der Waals surface area contributed by atoms with Crippen molar-refractivity contribution >= 4 is 10.0 Å². The highest BCUT2D eigenvalue weighted by Gasteiger charge is 2.53. The van der Waals surface area contributed by atoms with Gasteiger partial charge in [-0.25, -0.2) is 10.0 Å². The Kier molecular flexibility index (Phi) is 6.96. The largest absolute Gasteiger partial charge is 0.230 e. The maximum atomic E-state index is 2.67. The first-order valence-corrected chi connectivity index (χ1v) is 11.1. The minimum atomic E-state index is -0.422. The predicted molar refractivity (Wildman–Crippen MR) is 98.4 cm³/mol. The van der Waals surface area contributed by atoms with Crippen molar-refractivity contribution < 1.29 is 0 Å². The van der Waals surface area contributed by atoms with E-state index in [4.69, 9.17) is 0 Å². The van der Waals surface area contributed by atoms with Crippen molar-refractivity contribution in [2.45, 2.75) is 109 Å². The van der Waals surface area contributed by atoms with Gasteiger partial charge in [-0.2, -0.15) is 0 Å². The summed E-state index contributed by atoms with van der Waals surface area (Å²) in [5.74, 6) is 3.15. The molecule has 0 bridgehead atoms. The first-order chi connectivity index (χ1) is 9.39. The van der Waals surface area contributed by atoms with Crippen molar-refractivity contribution in [1.29, 1.82) is 0 Å². The fourth-order valence-corrected chi connectivity index (χ4v) is 10.5. The lowest BCUT2D eigenvalue weighted by atomic mass is 9.98. The standard InChI is InChI=1S/C19H40S/c1-7-10-14-18(4,5)20(16-12-17-20)19(6,13-9-3)15-11-8-2/h7-17H2,1-6H3. The summed E-state index contributed by atoms with van der Waals surface area (Å²) in [6, 6.07) is 0. The summed E-state index contributed by atoms with van der Waals surface area (Å²) in [6.07, 6.45) is 12.9. The van der Waals surface area contributed by atoms with Gasteiger partial charge in [-0.05, 0) is 46.7 Å². The zero-order valence-corrected chi connectivity index (χ0v) is 16.0. The summed E-state index contributed by atoms with van der Waals surface area (Å²) in [4.78, 5) is 0. The van der Waals surface area contributed by atoms with Gasteiger partial charge in [0.15, 0.2) is 0 Å². The first-order valence-electron chi connectivity index (χ1n) is 9.17. The van der Waals surface area contributed by atoms with Gasteiger partial charge in [0.25, 0.3) is 0 Å². The van der Waals surface area contributed by atoms with Gasteiger partial charge in [0.1, 0.15) is 0 Å². The van der Waals surface area contributed by atoms with Crippen molar-refractivity contribution in [3.8, 4) is 0 Å². The van der Waals surface area contributed by atoms with Gasteiger partial charge < -0.3 is 0 Å². The summed E-state index contributed by atoms with van der Waals surface area (Å²) in [5.41, 5.74) is 0. The van der Waals surface area contributed by atoms with Gasteiger partial charge in [0, 0.05) is 0 Å². The maximum Gasteiger partial charge on any atom is -0.00211 e. The summed E-state index contributed by atoms with van der Waals surface area (Å²) in [5, 5.41) is 0. The van der Waals surface area contributed by atoms with Crippen LogP contribution in [0.25, 0.3) is 0 Å². The molecule has 1 unspecified atom stereocenters. The van der Waals surface area contributed by atoms with Gasteiger partial charge in [-0.1, -0.05) is 73.6 Å². The minimum absolute atomic E-state index is 0.422. The van der Waals surface area contributed by atoms with E-state index in [0.717, 1.165) is 0 Å². The van der Waals surface area contributed by atoms with Crippen molar-refractivity contribution in [1.82, 2.24) is 0 Å². The van der Waals surface area contributed by atoms with E-state index in [1.165, 1.54) is 57.8 Å². The van der Waals surface area contributed by atoms with E-state index in [0.29, 0.717) is 9.49 Å². The molecule has 1 aliphatic rings. The Labute approximate surface area is 130 Å². The average molecular weight is 301 g/mol. The smallest absolute Gasteiger partial charge is 0.00211 e. The Morgan fingerprint density at radius 2 is 1.30 bits per heavy atom. The topological polar surface area (TPSA) is 0 Å². The van der Waals surface area contributed by atoms with Crippen LogP contribution in [0.4, 0.5) is 0 Å². The summed E-state index contributed by atoms with van der Waals surface area (Å²) < 4.78 is 1.27. The SMILES string of the molecule is CCCCC(C)(C)S1(C(C)(CCC)CCCC)CCC1. The van der Waals surface area contributed by atoms with Crippen LogP contribution in [0.2, 0.25) is 0 Å². The second-order valence-electron chi connectivity index (χ2n) is 7.81. The normalized spacial score (nSPS) is 22.9. The molecule has 1 rings (SSSR count). The van der Waals surface area contributed by atoms with Gasteiger partial charge in [0.05, 0.1) is 0 Å². The molecule has 0 aromatic heterocycles. The molecule has 0 N–H and O–H groups in total. The quantitative estimate of drug-likeness (QED) is 0.411. The highest BCUT2D eigenvalue weighted by atomic mass is 32.3. The molecule has 1 fully saturated rings. The zero-order valence-electron chi connectivity index (χ0n) is 15.2.